The summed E-state index contributed by atoms with van der Waals surface area (Å²) in [6.07, 6.45) is 0.600. The Balaban J connectivity index is 0. The SMILES string of the molecule is C/C(=C/[O-])C(=O)C(C)N(C)C.[Na+]. The van der Waals surface area contributed by atoms with Crippen LogP contribution in [0.3, 0.4) is 0 Å². The molecule has 0 aliphatic carbocycles. The summed E-state index contributed by atoms with van der Waals surface area (Å²) in [4.78, 5) is 13.0. The van der Waals surface area contributed by atoms with Crippen molar-refractivity contribution in [3.05, 3.63) is 11.8 Å². The molecule has 12 heavy (non-hydrogen) atoms. The van der Waals surface area contributed by atoms with Crippen LogP contribution >= 0.6 is 0 Å². The standard InChI is InChI=1S/C8H15NO2.Na/c1-6(5-10)8(11)7(2)9(3)4;/h5,7,10H,1-4H3;/q;+1/p-1/b6-5-;. The summed E-state index contributed by atoms with van der Waals surface area (Å²) < 4.78 is 0. The molecule has 0 saturated carbocycles. The van der Waals surface area contributed by atoms with E-state index in [2.05, 4.69) is 0 Å². The van der Waals surface area contributed by atoms with Gasteiger partial charge in [-0.05, 0) is 33.5 Å². The van der Waals surface area contributed by atoms with Gasteiger partial charge in [0, 0.05) is 0 Å². The summed E-state index contributed by atoms with van der Waals surface area (Å²) in [5.74, 6) is -0.106. The van der Waals surface area contributed by atoms with Crippen molar-refractivity contribution in [1.82, 2.24) is 4.90 Å². The van der Waals surface area contributed by atoms with E-state index in [1.54, 1.807) is 25.9 Å². The molecule has 0 bridgehead atoms. The van der Waals surface area contributed by atoms with Crippen LogP contribution in [0, 0.1) is 0 Å². The molecule has 0 fully saturated rings. The zero-order valence-corrected chi connectivity index (χ0v) is 10.4. The molecular weight excluding hydrogens is 165 g/mol. The summed E-state index contributed by atoms with van der Waals surface area (Å²) in [5, 5.41) is 10.2. The van der Waals surface area contributed by atoms with Gasteiger partial charge in [-0.15, -0.1) is 6.26 Å². The van der Waals surface area contributed by atoms with E-state index in [0.29, 0.717) is 6.26 Å². The predicted octanol–water partition coefficient (Wildman–Crippen LogP) is -3.23. The molecule has 0 aliphatic heterocycles. The van der Waals surface area contributed by atoms with Crippen LogP contribution in [0.2, 0.25) is 0 Å². The van der Waals surface area contributed by atoms with Crippen LogP contribution in [0.15, 0.2) is 11.8 Å². The van der Waals surface area contributed by atoms with Crippen LogP contribution < -0.4 is 34.7 Å². The van der Waals surface area contributed by atoms with Gasteiger partial charge in [0.15, 0.2) is 5.78 Å². The second-order valence-corrected chi connectivity index (χ2v) is 2.80. The van der Waals surface area contributed by atoms with Gasteiger partial charge in [-0.1, -0.05) is 0 Å². The molecule has 4 heteroatoms. The van der Waals surface area contributed by atoms with Crippen molar-refractivity contribution in [3.63, 3.8) is 0 Å². The minimum atomic E-state index is -0.208. The van der Waals surface area contributed by atoms with E-state index in [1.165, 1.54) is 6.92 Å². The van der Waals surface area contributed by atoms with Gasteiger partial charge in [-0.2, -0.15) is 0 Å². The van der Waals surface area contributed by atoms with Crippen LogP contribution in [0.1, 0.15) is 13.8 Å². The van der Waals surface area contributed by atoms with E-state index < -0.39 is 0 Å². The van der Waals surface area contributed by atoms with Crippen molar-refractivity contribution >= 4 is 5.78 Å². The predicted molar refractivity (Wildman–Crippen MR) is 41.9 cm³/mol. The van der Waals surface area contributed by atoms with Gasteiger partial charge >= 0.3 is 29.6 Å². The second kappa shape index (κ2) is 6.66. The number of carbonyl (C=O) groups is 1. The quantitative estimate of drug-likeness (QED) is 0.260. The Kier molecular flexibility index (Phi) is 8.15. The fourth-order valence-corrected chi connectivity index (χ4v) is 0.622. The zero-order chi connectivity index (χ0) is 9.02. The van der Waals surface area contributed by atoms with Gasteiger partial charge in [-0.3, -0.25) is 9.69 Å². The molecule has 0 rings (SSSR count). The molecule has 0 spiro atoms. The summed E-state index contributed by atoms with van der Waals surface area (Å²) in [7, 11) is 3.61. The first-order chi connectivity index (χ1) is 5.00. The summed E-state index contributed by atoms with van der Waals surface area (Å²) in [5.41, 5.74) is 0.284. The smallest absolute Gasteiger partial charge is 0.878 e. The van der Waals surface area contributed by atoms with Crippen molar-refractivity contribution in [2.45, 2.75) is 19.9 Å². The average molecular weight is 179 g/mol. The molecule has 0 saturated heterocycles. The average Bonchev–Trinajstić information content (AvgIpc) is 2.00. The van der Waals surface area contributed by atoms with E-state index in [1.807, 2.05) is 0 Å². The fraction of sp³-hybridized carbons (Fsp3) is 0.625. The Labute approximate surface area is 95.7 Å². The van der Waals surface area contributed by atoms with Crippen molar-refractivity contribution in [2.75, 3.05) is 14.1 Å². The molecular formula is C8H14NNaO2. The van der Waals surface area contributed by atoms with Crippen LogP contribution in [-0.4, -0.2) is 30.8 Å². The maximum Gasteiger partial charge on any atom is 1.00 e. The number of carbonyl (C=O) groups excluding carboxylic acids is 1. The number of ketones is 1. The number of hydrogen-bond acceptors (Lipinski definition) is 3. The normalized spacial score (nSPS) is 13.9. The third-order valence-electron chi connectivity index (χ3n) is 1.72. The first-order valence-electron chi connectivity index (χ1n) is 3.50. The molecule has 64 valence electrons. The maximum absolute atomic E-state index is 11.2. The van der Waals surface area contributed by atoms with Gasteiger partial charge < -0.3 is 5.11 Å². The van der Waals surface area contributed by atoms with Gasteiger partial charge in [0.1, 0.15) is 0 Å². The topological polar surface area (TPSA) is 43.4 Å². The Bertz CT molecular complexity index is 178. The molecule has 1 unspecified atom stereocenters. The van der Waals surface area contributed by atoms with E-state index in [-0.39, 0.29) is 47.0 Å². The molecule has 0 amide bonds. The van der Waals surface area contributed by atoms with E-state index in [9.17, 15) is 9.90 Å². The number of rotatable bonds is 3. The Morgan fingerprint density at radius 3 is 2.17 bits per heavy atom. The molecule has 3 nitrogen and oxygen atoms in total. The van der Waals surface area contributed by atoms with Crippen molar-refractivity contribution in [3.8, 4) is 0 Å². The second-order valence-electron chi connectivity index (χ2n) is 2.80. The summed E-state index contributed by atoms with van der Waals surface area (Å²) in [6, 6.07) is -0.208. The number of Topliss-reactive ketones (excluding diaryl/α,β-unsaturated/α-hetero) is 1. The Morgan fingerprint density at radius 1 is 1.50 bits per heavy atom. The largest absolute Gasteiger partial charge is 1.00 e. The first-order valence-corrected chi connectivity index (χ1v) is 3.50. The number of hydrogen-bond donors (Lipinski definition) is 0. The van der Waals surface area contributed by atoms with E-state index in [0.717, 1.165) is 0 Å². The van der Waals surface area contributed by atoms with Gasteiger partial charge in [0.25, 0.3) is 0 Å². The van der Waals surface area contributed by atoms with Crippen LogP contribution in [0.5, 0.6) is 0 Å². The van der Waals surface area contributed by atoms with Gasteiger partial charge in [0.2, 0.25) is 0 Å². The Morgan fingerprint density at radius 2 is 1.92 bits per heavy atom. The monoisotopic (exact) mass is 179 g/mol. The van der Waals surface area contributed by atoms with Crippen LogP contribution in [-0.2, 0) is 4.79 Å². The molecule has 0 radical (unpaired) electrons. The summed E-state index contributed by atoms with van der Waals surface area (Å²) >= 11 is 0. The van der Waals surface area contributed by atoms with E-state index in [4.69, 9.17) is 0 Å². The van der Waals surface area contributed by atoms with Crippen molar-refractivity contribution in [1.29, 1.82) is 0 Å². The zero-order valence-electron chi connectivity index (χ0n) is 8.42. The minimum absolute atomic E-state index is 0. The van der Waals surface area contributed by atoms with E-state index >= 15 is 0 Å². The van der Waals surface area contributed by atoms with Gasteiger partial charge in [-0.25, -0.2) is 0 Å². The van der Waals surface area contributed by atoms with Crippen LogP contribution in [0.25, 0.3) is 0 Å². The van der Waals surface area contributed by atoms with Crippen LogP contribution in [0.4, 0.5) is 0 Å². The number of likely N-dealkylation sites (N-methyl/N-ethyl adjacent to an activating group) is 1. The number of nitrogens with zero attached hydrogens (tertiary/aromatic N) is 1. The molecule has 1 atom stereocenters. The molecule has 0 N–H and O–H groups in total. The third-order valence-corrected chi connectivity index (χ3v) is 1.72. The van der Waals surface area contributed by atoms with Crippen molar-refractivity contribution < 1.29 is 39.5 Å². The third kappa shape index (κ3) is 4.26. The summed E-state index contributed by atoms with van der Waals surface area (Å²) in [6.45, 7) is 3.31. The molecule has 0 heterocycles. The van der Waals surface area contributed by atoms with Gasteiger partial charge in [0.05, 0.1) is 6.04 Å². The molecule has 0 aromatic heterocycles. The van der Waals surface area contributed by atoms with Crippen molar-refractivity contribution in [2.24, 2.45) is 0 Å². The molecule has 0 aromatic rings. The molecule has 0 aromatic carbocycles. The molecule has 0 aliphatic rings. The first kappa shape index (κ1) is 14.7. The fourth-order valence-electron chi connectivity index (χ4n) is 0.622. The maximum atomic E-state index is 11.2. The Hall–Kier alpha value is 0.170. The minimum Gasteiger partial charge on any atom is -0.878 e.